The van der Waals surface area contributed by atoms with Gasteiger partial charge in [-0.25, -0.2) is 4.98 Å². The summed E-state index contributed by atoms with van der Waals surface area (Å²) in [5.74, 6) is 0.511. The second-order valence-corrected chi connectivity index (χ2v) is 6.09. The molecule has 1 aliphatic rings. The number of aromatic nitrogens is 1. The van der Waals surface area contributed by atoms with E-state index >= 15 is 0 Å². The SMILES string of the molecule is OCC1CCN(Cc2nc3ccccc3s2)CC1. The zero-order valence-electron chi connectivity index (χ0n) is 10.4. The fourth-order valence-electron chi connectivity index (χ4n) is 2.51. The van der Waals surface area contributed by atoms with Crippen molar-refractivity contribution in [3.8, 4) is 0 Å². The van der Waals surface area contributed by atoms with E-state index in [1.165, 1.54) is 9.71 Å². The number of fused-ring (bicyclic) bond motifs is 1. The summed E-state index contributed by atoms with van der Waals surface area (Å²) in [6.07, 6.45) is 2.22. The van der Waals surface area contributed by atoms with Crippen molar-refractivity contribution < 1.29 is 5.11 Å². The Bertz CT molecular complexity index is 484. The molecular formula is C14H18N2OS. The summed E-state index contributed by atoms with van der Waals surface area (Å²) in [6, 6.07) is 8.32. The third-order valence-electron chi connectivity index (χ3n) is 3.66. The summed E-state index contributed by atoms with van der Waals surface area (Å²) in [5.41, 5.74) is 1.11. The van der Waals surface area contributed by atoms with Crippen molar-refractivity contribution in [2.75, 3.05) is 19.7 Å². The number of benzene rings is 1. The Kier molecular flexibility index (Phi) is 3.59. The molecule has 96 valence electrons. The topological polar surface area (TPSA) is 36.4 Å². The van der Waals surface area contributed by atoms with Crippen molar-refractivity contribution in [2.45, 2.75) is 19.4 Å². The van der Waals surface area contributed by atoms with Gasteiger partial charge >= 0.3 is 0 Å². The Balaban J connectivity index is 1.66. The van der Waals surface area contributed by atoms with Crippen LogP contribution in [0.15, 0.2) is 24.3 Å². The van der Waals surface area contributed by atoms with Crippen molar-refractivity contribution in [1.82, 2.24) is 9.88 Å². The largest absolute Gasteiger partial charge is 0.396 e. The average molecular weight is 262 g/mol. The average Bonchev–Trinajstić information content (AvgIpc) is 2.82. The van der Waals surface area contributed by atoms with Gasteiger partial charge < -0.3 is 5.11 Å². The van der Waals surface area contributed by atoms with Crippen molar-refractivity contribution >= 4 is 21.6 Å². The maximum absolute atomic E-state index is 9.13. The fourth-order valence-corrected chi connectivity index (χ4v) is 3.52. The Morgan fingerprint density at radius 1 is 1.28 bits per heavy atom. The summed E-state index contributed by atoms with van der Waals surface area (Å²) in [4.78, 5) is 7.12. The standard InChI is InChI=1S/C14H18N2OS/c17-10-11-5-7-16(8-6-11)9-14-15-12-3-1-2-4-13(12)18-14/h1-4,11,17H,5-10H2. The first-order valence-corrected chi connectivity index (χ1v) is 7.34. The van der Waals surface area contributed by atoms with E-state index in [0.29, 0.717) is 12.5 Å². The molecule has 0 atom stereocenters. The number of aliphatic hydroxyl groups is 1. The number of rotatable bonds is 3. The van der Waals surface area contributed by atoms with Crippen molar-refractivity contribution in [3.63, 3.8) is 0 Å². The lowest BCUT2D eigenvalue weighted by atomic mass is 9.98. The highest BCUT2D eigenvalue weighted by molar-refractivity contribution is 7.18. The number of hydrogen-bond donors (Lipinski definition) is 1. The van der Waals surface area contributed by atoms with Crippen LogP contribution in [0, 0.1) is 5.92 Å². The van der Waals surface area contributed by atoms with E-state index in [9.17, 15) is 0 Å². The molecule has 0 saturated carbocycles. The van der Waals surface area contributed by atoms with Crippen LogP contribution in [0.4, 0.5) is 0 Å². The molecule has 1 saturated heterocycles. The van der Waals surface area contributed by atoms with Crippen LogP contribution in [0.25, 0.3) is 10.2 Å². The Labute approximate surface area is 111 Å². The summed E-state index contributed by atoms with van der Waals surface area (Å²) in [6.45, 7) is 3.47. The third kappa shape index (κ3) is 2.55. The monoisotopic (exact) mass is 262 g/mol. The Hall–Kier alpha value is -0.970. The second kappa shape index (κ2) is 5.34. The van der Waals surface area contributed by atoms with Gasteiger partial charge in [0.2, 0.25) is 0 Å². The van der Waals surface area contributed by atoms with Gasteiger partial charge in [0.25, 0.3) is 0 Å². The first-order valence-electron chi connectivity index (χ1n) is 6.53. The molecule has 0 aliphatic carbocycles. The normalized spacial score (nSPS) is 18.5. The molecule has 0 unspecified atom stereocenters. The molecule has 4 heteroatoms. The van der Waals surface area contributed by atoms with Crippen LogP contribution in [0.1, 0.15) is 17.8 Å². The summed E-state index contributed by atoms with van der Waals surface area (Å²) >= 11 is 1.80. The minimum absolute atomic E-state index is 0.342. The van der Waals surface area contributed by atoms with Crippen LogP contribution in [-0.4, -0.2) is 34.7 Å². The Morgan fingerprint density at radius 3 is 2.78 bits per heavy atom. The van der Waals surface area contributed by atoms with Crippen LogP contribution in [0.5, 0.6) is 0 Å². The lowest BCUT2D eigenvalue weighted by molar-refractivity contribution is 0.127. The second-order valence-electron chi connectivity index (χ2n) is 4.98. The molecule has 1 aromatic carbocycles. The molecule has 0 spiro atoms. The van der Waals surface area contributed by atoms with Gasteiger partial charge in [-0.05, 0) is 44.0 Å². The number of thiazole rings is 1. The molecule has 1 N–H and O–H groups in total. The van der Waals surface area contributed by atoms with Crippen LogP contribution < -0.4 is 0 Å². The molecule has 1 aromatic heterocycles. The van der Waals surface area contributed by atoms with E-state index in [1.807, 2.05) is 6.07 Å². The highest BCUT2D eigenvalue weighted by atomic mass is 32.1. The van der Waals surface area contributed by atoms with E-state index in [2.05, 4.69) is 28.1 Å². The van der Waals surface area contributed by atoms with Gasteiger partial charge in [-0.3, -0.25) is 4.90 Å². The molecule has 2 heterocycles. The maximum Gasteiger partial charge on any atom is 0.108 e. The quantitative estimate of drug-likeness (QED) is 0.923. The highest BCUT2D eigenvalue weighted by Gasteiger charge is 2.19. The molecule has 18 heavy (non-hydrogen) atoms. The van der Waals surface area contributed by atoms with Crippen molar-refractivity contribution in [1.29, 1.82) is 0 Å². The first kappa shape index (κ1) is 12.1. The maximum atomic E-state index is 9.13. The minimum Gasteiger partial charge on any atom is -0.396 e. The van der Waals surface area contributed by atoms with Gasteiger partial charge in [-0.15, -0.1) is 11.3 Å². The predicted molar refractivity (Wildman–Crippen MR) is 74.7 cm³/mol. The molecule has 3 nitrogen and oxygen atoms in total. The van der Waals surface area contributed by atoms with E-state index in [1.54, 1.807) is 11.3 Å². The molecule has 3 rings (SSSR count). The summed E-state index contributed by atoms with van der Waals surface area (Å²) < 4.78 is 1.28. The molecule has 1 aliphatic heterocycles. The number of hydrogen-bond acceptors (Lipinski definition) is 4. The first-order chi connectivity index (χ1) is 8.85. The van der Waals surface area contributed by atoms with Gasteiger partial charge in [0.15, 0.2) is 0 Å². The smallest absolute Gasteiger partial charge is 0.108 e. The molecular weight excluding hydrogens is 244 g/mol. The van der Waals surface area contributed by atoms with Gasteiger partial charge in [-0.1, -0.05) is 12.1 Å². The summed E-state index contributed by atoms with van der Waals surface area (Å²) in [5, 5.41) is 10.3. The third-order valence-corrected chi connectivity index (χ3v) is 4.68. The molecule has 0 amide bonds. The number of nitrogens with zero attached hydrogens (tertiary/aromatic N) is 2. The van der Waals surface area contributed by atoms with Gasteiger partial charge in [0, 0.05) is 6.61 Å². The minimum atomic E-state index is 0.342. The van der Waals surface area contributed by atoms with Gasteiger partial charge in [-0.2, -0.15) is 0 Å². The van der Waals surface area contributed by atoms with Crippen LogP contribution in [0.2, 0.25) is 0 Å². The highest BCUT2D eigenvalue weighted by Crippen LogP contribution is 2.24. The van der Waals surface area contributed by atoms with E-state index in [4.69, 9.17) is 5.11 Å². The van der Waals surface area contributed by atoms with Crippen LogP contribution in [-0.2, 0) is 6.54 Å². The van der Waals surface area contributed by atoms with E-state index in [-0.39, 0.29) is 0 Å². The zero-order valence-corrected chi connectivity index (χ0v) is 11.2. The molecule has 0 bridgehead atoms. The van der Waals surface area contributed by atoms with Gasteiger partial charge in [0.1, 0.15) is 5.01 Å². The van der Waals surface area contributed by atoms with Crippen molar-refractivity contribution in [2.24, 2.45) is 5.92 Å². The summed E-state index contributed by atoms with van der Waals surface area (Å²) in [7, 11) is 0. The van der Waals surface area contributed by atoms with Gasteiger partial charge in [0.05, 0.1) is 16.8 Å². The number of likely N-dealkylation sites (tertiary alicyclic amines) is 1. The lowest BCUT2D eigenvalue weighted by Crippen LogP contribution is -2.34. The zero-order chi connectivity index (χ0) is 12.4. The van der Waals surface area contributed by atoms with E-state index < -0.39 is 0 Å². The molecule has 2 aromatic rings. The van der Waals surface area contributed by atoms with Crippen LogP contribution in [0.3, 0.4) is 0 Å². The molecule has 1 fully saturated rings. The number of piperidine rings is 1. The predicted octanol–water partition coefficient (Wildman–Crippen LogP) is 2.50. The fraction of sp³-hybridized carbons (Fsp3) is 0.500. The Morgan fingerprint density at radius 2 is 2.06 bits per heavy atom. The van der Waals surface area contributed by atoms with Crippen LogP contribution >= 0.6 is 11.3 Å². The number of aliphatic hydroxyl groups excluding tert-OH is 1. The molecule has 0 radical (unpaired) electrons. The lowest BCUT2D eigenvalue weighted by Gasteiger charge is -2.30. The van der Waals surface area contributed by atoms with Crippen molar-refractivity contribution in [3.05, 3.63) is 29.3 Å². The number of para-hydroxylation sites is 1. The van der Waals surface area contributed by atoms with E-state index in [0.717, 1.165) is 38.0 Å².